The van der Waals surface area contributed by atoms with Crippen molar-refractivity contribution in [2.24, 2.45) is 5.73 Å². The van der Waals surface area contributed by atoms with Gasteiger partial charge in [0.1, 0.15) is 6.54 Å². The minimum atomic E-state index is -0.827. The van der Waals surface area contributed by atoms with Gasteiger partial charge in [0, 0.05) is 0 Å². The van der Waals surface area contributed by atoms with Crippen molar-refractivity contribution >= 4 is 23.9 Å². The van der Waals surface area contributed by atoms with E-state index in [0.717, 1.165) is 0 Å². The average Bonchev–Trinajstić information content (AvgIpc) is 2.41. The van der Waals surface area contributed by atoms with Gasteiger partial charge >= 0.3 is 12.1 Å². The number of nitrogens with zero attached hydrogens (tertiary/aromatic N) is 1. The molecular weight excluding hydrogens is 192 g/mol. The number of urea groups is 2. The Labute approximate surface area is 78.4 Å². The van der Waals surface area contributed by atoms with Crippen molar-refractivity contribution in [1.29, 1.82) is 0 Å². The zero-order valence-corrected chi connectivity index (χ0v) is 7.07. The summed E-state index contributed by atoms with van der Waals surface area (Å²) in [7, 11) is 0. The van der Waals surface area contributed by atoms with Gasteiger partial charge in [-0.1, -0.05) is 0 Å². The SMILES string of the molecule is NC(=O)CNC(=O)N1CC(=O)NC1=O. The number of nitrogens with one attached hydrogen (secondary N) is 2. The summed E-state index contributed by atoms with van der Waals surface area (Å²) in [6.07, 6.45) is 0. The van der Waals surface area contributed by atoms with E-state index in [9.17, 15) is 19.2 Å². The standard InChI is InChI=1S/C6H8N4O4/c7-3(11)1-8-5(13)10-2-4(12)9-6(10)14/h1-2H2,(H2,7,11)(H,8,13)(H,9,12,14). The summed E-state index contributed by atoms with van der Waals surface area (Å²) < 4.78 is 0. The zero-order chi connectivity index (χ0) is 10.7. The lowest BCUT2D eigenvalue weighted by Gasteiger charge is -2.10. The second kappa shape index (κ2) is 3.73. The van der Waals surface area contributed by atoms with Gasteiger partial charge in [-0.05, 0) is 0 Å². The molecule has 0 bridgehead atoms. The largest absolute Gasteiger partial charge is 0.368 e. The van der Waals surface area contributed by atoms with Gasteiger partial charge in [-0.25, -0.2) is 14.5 Å². The third-order valence-electron chi connectivity index (χ3n) is 1.45. The lowest BCUT2D eigenvalue weighted by atomic mass is 10.5. The molecule has 1 saturated heterocycles. The summed E-state index contributed by atoms with van der Waals surface area (Å²) in [5.74, 6) is -1.30. The zero-order valence-electron chi connectivity index (χ0n) is 7.07. The number of nitrogens with two attached hydrogens (primary N) is 1. The van der Waals surface area contributed by atoms with Crippen molar-refractivity contribution in [2.75, 3.05) is 13.1 Å². The van der Waals surface area contributed by atoms with Crippen LogP contribution in [0.5, 0.6) is 0 Å². The minimum absolute atomic E-state index is 0.344. The molecule has 0 aromatic rings. The third kappa shape index (κ3) is 2.19. The van der Waals surface area contributed by atoms with Crippen LogP contribution in [0.2, 0.25) is 0 Å². The van der Waals surface area contributed by atoms with Crippen molar-refractivity contribution in [3.8, 4) is 0 Å². The number of hydrogen-bond acceptors (Lipinski definition) is 4. The van der Waals surface area contributed by atoms with Crippen molar-refractivity contribution in [2.45, 2.75) is 0 Å². The molecule has 0 atom stereocenters. The molecule has 6 amide bonds. The van der Waals surface area contributed by atoms with Crippen LogP contribution in [0.4, 0.5) is 9.59 Å². The van der Waals surface area contributed by atoms with Gasteiger partial charge in [0.2, 0.25) is 11.8 Å². The van der Waals surface area contributed by atoms with Crippen LogP contribution in [0.15, 0.2) is 0 Å². The average molecular weight is 200 g/mol. The predicted molar refractivity (Wildman–Crippen MR) is 42.8 cm³/mol. The first-order valence-corrected chi connectivity index (χ1v) is 3.68. The van der Waals surface area contributed by atoms with Crippen molar-refractivity contribution in [3.05, 3.63) is 0 Å². The molecule has 14 heavy (non-hydrogen) atoms. The van der Waals surface area contributed by atoms with Crippen molar-refractivity contribution in [3.63, 3.8) is 0 Å². The fourth-order valence-electron chi connectivity index (χ4n) is 0.864. The van der Waals surface area contributed by atoms with Crippen LogP contribution < -0.4 is 16.4 Å². The molecule has 8 nitrogen and oxygen atoms in total. The van der Waals surface area contributed by atoms with Crippen LogP contribution in [0, 0.1) is 0 Å². The molecule has 1 heterocycles. The second-order valence-corrected chi connectivity index (χ2v) is 2.56. The molecule has 0 saturated carbocycles. The Morgan fingerprint density at radius 1 is 1.50 bits per heavy atom. The molecule has 1 aliphatic rings. The fourth-order valence-corrected chi connectivity index (χ4v) is 0.864. The van der Waals surface area contributed by atoms with Gasteiger partial charge in [-0.3, -0.25) is 14.9 Å². The Hall–Kier alpha value is -2.12. The van der Waals surface area contributed by atoms with Crippen molar-refractivity contribution < 1.29 is 19.2 Å². The topological polar surface area (TPSA) is 122 Å². The minimum Gasteiger partial charge on any atom is -0.368 e. The summed E-state index contributed by atoms with van der Waals surface area (Å²) in [5, 5.41) is 3.98. The van der Waals surface area contributed by atoms with E-state index in [1.807, 2.05) is 5.32 Å². The van der Waals surface area contributed by atoms with Crippen LogP contribution in [-0.4, -0.2) is 41.9 Å². The lowest BCUT2D eigenvalue weighted by molar-refractivity contribution is -0.118. The first kappa shape index (κ1) is 9.96. The van der Waals surface area contributed by atoms with Gasteiger partial charge in [0.25, 0.3) is 0 Å². The van der Waals surface area contributed by atoms with Crippen LogP contribution >= 0.6 is 0 Å². The van der Waals surface area contributed by atoms with Gasteiger partial charge in [0.05, 0.1) is 6.54 Å². The Morgan fingerprint density at radius 2 is 2.14 bits per heavy atom. The van der Waals surface area contributed by atoms with Gasteiger partial charge in [-0.15, -0.1) is 0 Å². The molecule has 1 fully saturated rings. The van der Waals surface area contributed by atoms with Crippen molar-refractivity contribution in [1.82, 2.24) is 15.5 Å². The predicted octanol–water partition coefficient (Wildman–Crippen LogP) is -2.27. The Bertz CT molecular complexity index is 313. The molecule has 1 aliphatic heterocycles. The Morgan fingerprint density at radius 3 is 2.57 bits per heavy atom. The molecular formula is C6H8N4O4. The fraction of sp³-hybridized carbons (Fsp3) is 0.333. The molecule has 0 aliphatic carbocycles. The van der Waals surface area contributed by atoms with E-state index >= 15 is 0 Å². The normalized spacial score (nSPS) is 15.3. The number of primary amides is 1. The highest BCUT2D eigenvalue weighted by Gasteiger charge is 2.31. The van der Waals surface area contributed by atoms with E-state index in [4.69, 9.17) is 5.73 Å². The van der Waals surface area contributed by atoms with E-state index in [-0.39, 0.29) is 13.1 Å². The van der Waals surface area contributed by atoms with Crippen LogP contribution in [0.25, 0.3) is 0 Å². The molecule has 0 spiro atoms. The molecule has 1 rings (SSSR count). The maximum atomic E-state index is 11.1. The van der Waals surface area contributed by atoms with E-state index in [1.54, 1.807) is 0 Å². The lowest BCUT2D eigenvalue weighted by Crippen LogP contribution is -2.44. The summed E-state index contributed by atoms with van der Waals surface area (Å²) in [6, 6.07) is -1.64. The van der Waals surface area contributed by atoms with E-state index in [2.05, 4.69) is 5.32 Å². The monoisotopic (exact) mass is 200 g/mol. The van der Waals surface area contributed by atoms with Crippen LogP contribution in [0.3, 0.4) is 0 Å². The van der Waals surface area contributed by atoms with Gasteiger partial charge in [-0.2, -0.15) is 0 Å². The number of carbonyl (C=O) groups is 4. The molecule has 0 aromatic heterocycles. The van der Waals surface area contributed by atoms with Gasteiger partial charge in [0.15, 0.2) is 0 Å². The smallest absolute Gasteiger partial charge is 0.332 e. The van der Waals surface area contributed by atoms with E-state index in [0.29, 0.717) is 4.90 Å². The molecule has 76 valence electrons. The highest BCUT2D eigenvalue weighted by atomic mass is 16.2. The third-order valence-corrected chi connectivity index (χ3v) is 1.45. The molecule has 8 heteroatoms. The Kier molecular flexibility index (Phi) is 2.65. The first-order valence-electron chi connectivity index (χ1n) is 3.68. The highest BCUT2D eigenvalue weighted by Crippen LogP contribution is 1.97. The van der Waals surface area contributed by atoms with Gasteiger partial charge < -0.3 is 11.1 Å². The summed E-state index contributed by atoms with van der Waals surface area (Å²) >= 11 is 0. The Balaban J connectivity index is 2.49. The number of hydrogen-bond donors (Lipinski definition) is 3. The number of amides is 6. The maximum absolute atomic E-state index is 11.1. The maximum Gasteiger partial charge on any atom is 0.332 e. The first-order chi connectivity index (χ1) is 6.50. The molecule has 0 radical (unpaired) electrons. The summed E-state index contributed by atoms with van der Waals surface area (Å²) in [6.45, 7) is -0.722. The highest BCUT2D eigenvalue weighted by molar-refractivity contribution is 6.09. The molecule has 0 unspecified atom stereocenters. The summed E-state index contributed by atoms with van der Waals surface area (Å²) in [4.78, 5) is 43.6. The molecule has 0 aromatic carbocycles. The van der Waals surface area contributed by atoms with E-state index < -0.39 is 23.9 Å². The second-order valence-electron chi connectivity index (χ2n) is 2.56. The number of imide groups is 2. The number of rotatable bonds is 2. The van der Waals surface area contributed by atoms with Crippen LogP contribution in [0.1, 0.15) is 0 Å². The number of carbonyl (C=O) groups excluding carboxylic acids is 4. The van der Waals surface area contributed by atoms with Crippen LogP contribution in [-0.2, 0) is 9.59 Å². The summed E-state index contributed by atoms with van der Waals surface area (Å²) in [5.41, 5.74) is 4.76. The molecule has 4 N–H and O–H groups in total. The van der Waals surface area contributed by atoms with E-state index in [1.165, 1.54) is 0 Å². The quantitative estimate of drug-likeness (QED) is 0.435.